The van der Waals surface area contributed by atoms with Crippen molar-refractivity contribution in [2.24, 2.45) is 0 Å². The number of aliphatic hydroxyl groups is 1. The lowest BCUT2D eigenvalue weighted by Gasteiger charge is -2.36. The SMILES string of the molecule is Nc1ccccc1NC(=O)CCCCCC(=O)Nc1ccc([C@@H]2O[C@H](CSc3cccc[n+]3[O-])C[C@H](c3ccc(CO)cc3)O2)cc1. The van der Waals surface area contributed by atoms with E-state index in [1.807, 2.05) is 66.7 Å². The number of hydrogen-bond acceptors (Lipinski definition) is 8. The molecule has 0 aliphatic carbocycles. The first-order valence-corrected chi connectivity index (χ1v) is 16.7. The predicted octanol–water partition coefficient (Wildman–Crippen LogP) is 6.26. The van der Waals surface area contributed by atoms with Crippen LogP contribution in [0.25, 0.3) is 0 Å². The Kier molecular flexibility index (Phi) is 12.2. The number of nitrogen functional groups attached to an aromatic ring is 1. The van der Waals surface area contributed by atoms with Crippen LogP contribution in [0.15, 0.2) is 102 Å². The second-order valence-electron chi connectivity index (χ2n) is 11.4. The van der Waals surface area contributed by atoms with Crippen LogP contribution in [0.4, 0.5) is 17.1 Å². The first-order chi connectivity index (χ1) is 22.9. The Morgan fingerprint density at radius 2 is 1.53 bits per heavy atom. The highest BCUT2D eigenvalue weighted by Crippen LogP contribution is 2.39. The summed E-state index contributed by atoms with van der Waals surface area (Å²) < 4.78 is 13.6. The van der Waals surface area contributed by atoms with E-state index in [4.69, 9.17) is 15.2 Å². The van der Waals surface area contributed by atoms with Gasteiger partial charge in [-0.25, -0.2) is 0 Å². The van der Waals surface area contributed by atoms with Gasteiger partial charge in [0.05, 0.1) is 30.2 Å². The number of ether oxygens (including phenoxy) is 2. The normalized spacial score (nSPS) is 17.6. The molecule has 3 aromatic carbocycles. The number of rotatable bonds is 14. The molecule has 0 bridgehead atoms. The Morgan fingerprint density at radius 1 is 0.851 bits per heavy atom. The molecule has 1 aliphatic rings. The fourth-order valence-corrected chi connectivity index (χ4v) is 6.18. The van der Waals surface area contributed by atoms with Gasteiger partial charge in [-0.2, -0.15) is 4.73 Å². The molecule has 0 radical (unpaired) electrons. The number of aromatic nitrogens is 1. The van der Waals surface area contributed by atoms with Crippen LogP contribution in [-0.2, 0) is 25.7 Å². The summed E-state index contributed by atoms with van der Waals surface area (Å²) in [6.07, 6.45) is 3.82. The topological polar surface area (TPSA) is 150 Å². The number of unbranched alkanes of at least 4 members (excludes halogenated alkanes) is 2. The highest BCUT2D eigenvalue weighted by Gasteiger charge is 2.32. The minimum absolute atomic E-state index is 0.0316. The molecule has 5 rings (SSSR count). The molecule has 47 heavy (non-hydrogen) atoms. The third-order valence-corrected chi connectivity index (χ3v) is 8.98. The van der Waals surface area contributed by atoms with Gasteiger partial charge in [0.2, 0.25) is 11.8 Å². The maximum Gasteiger partial charge on any atom is 0.251 e. The summed E-state index contributed by atoms with van der Waals surface area (Å²) in [6.45, 7) is -0.0316. The quantitative estimate of drug-likeness (QED) is 0.0409. The highest BCUT2D eigenvalue weighted by molar-refractivity contribution is 7.99. The number of aliphatic hydroxyl groups excluding tert-OH is 1. The Morgan fingerprint density at radius 3 is 2.23 bits per heavy atom. The Bertz CT molecular complexity index is 1620. The number of nitrogens with two attached hydrogens (primary N) is 1. The zero-order valence-electron chi connectivity index (χ0n) is 26.0. The number of nitrogens with one attached hydrogen (secondary N) is 2. The van der Waals surface area contributed by atoms with Crippen molar-refractivity contribution in [2.75, 3.05) is 22.1 Å². The van der Waals surface area contributed by atoms with Gasteiger partial charge in [0.15, 0.2) is 12.5 Å². The largest absolute Gasteiger partial charge is 0.618 e. The number of para-hydroxylation sites is 2. The van der Waals surface area contributed by atoms with Crippen LogP contribution in [0.1, 0.15) is 67.6 Å². The summed E-state index contributed by atoms with van der Waals surface area (Å²) in [5, 5.41) is 28.0. The van der Waals surface area contributed by atoms with Crippen LogP contribution in [0, 0.1) is 5.21 Å². The van der Waals surface area contributed by atoms with Gasteiger partial charge in [-0.3, -0.25) is 9.59 Å². The van der Waals surface area contributed by atoms with Crippen molar-refractivity contribution in [3.05, 3.63) is 119 Å². The molecule has 0 unspecified atom stereocenters. The minimum Gasteiger partial charge on any atom is -0.618 e. The summed E-state index contributed by atoms with van der Waals surface area (Å²) in [5.74, 6) is 0.378. The number of carbonyl (C=O) groups excluding carboxylic acids is 2. The van der Waals surface area contributed by atoms with Crippen LogP contribution in [0.2, 0.25) is 0 Å². The number of hydrogen-bond donors (Lipinski definition) is 4. The second kappa shape index (κ2) is 16.9. The summed E-state index contributed by atoms with van der Waals surface area (Å²) in [5.41, 5.74) is 10.3. The van der Waals surface area contributed by atoms with Gasteiger partial charge in [-0.05, 0) is 54.3 Å². The first-order valence-electron chi connectivity index (χ1n) is 15.7. The number of nitrogens with zero attached hydrogens (tertiary/aromatic N) is 1. The summed E-state index contributed by atoms with van der Waals surface area (Å²) in [7, 11) is 0. The molecular formula is C36H40N4O6S. The molecule has 2 heterocycles. The van der Waals surface area contributed by atoms with Crippen LogP contribution in [-0.4, -0.2) is 28.8 Å². The molecule has 1 saturated heterocycles. The van der Waals surface area contributed by atoms with Crippen LogP contribution >= 0.6 is 11.8 Å². The van der Waals surface area contributed by atoms with Gasteiger partial charge in [0.1, 0.15) is 0 Å². The number of benzene rings is 3. The molecule has 2 amide bonds. The average molecular weight is 657 g/mol. The first kappa shape index (κ1) is 33.9. The van der Waals surface area contributed by atoms with E-state index in [0.29, 0.717) is 59.9 Å². The van der Waals surface area contributed by atoms with E-state index in [0.717, 1.165) is 27.8 Å². The minimum atomic E-state index is -0.646. The standard InChI is InChI=1S/C36H40N4O6S/c37-30-8-4-5-9-31(30)39-34(43)11-3-1-2-10-33(42)38-28-19-17-27(18-20-28)36-45-29(24-47-35-12-6-7-21-40(35)44)22-32(46-36)26-15-13-25(23-41)14-16-26/h4-9,12-21,29,32,36,41H,1-3,10-11,22-24,37H2,(H,38,42)(H,39,43)/t29-,32+,36+/m0/s1. The molecule has 4 aromatic rings. The number of amides is 2. The van der Waals surface area contributed by atoms with E-state index < -0.39 is 6.29 Å². The molecule has 1 aromatic heterocycles. The zero-order valence-corrected chi connectivity index (χ0v) is 26.9. The van der Waals surface area contributed by atoms with Crippen molar-refractivity contribution in [1.29, 1.82) is 0 Å². The van der Waals surface area contributed by atoms with Crippen LogP contribution in [0.5, 0.6) is 0 Å². The summed E-state index contributed by atoms with van der Waals surface area (Å²) >= 11 is 1.44. The number of pyridine rings is 1. The third-order valence-electron chi connectivity index (χ3n) is 7.83. The van der Waals surface area contributed by atoms with Gasteiger partial charge < -0.3 is 36.2 Å². The van der Waals surface area contributed by atoms with Crippen molar-refractivity contribution in [3.8, 4) is 0 Å². The third kappa shape index (κ3) is 10.0. The maximum atomic E-state index is 12.6. The van der Waals surface area contributed by atoms with Crippen molar-refractivity contribution < 1.29 is 28.9 Å². The van der Waals surface area contributed by atoms with E-state index in [1.165, 1.54) is 18.0 Å². The summed E-state index contributed by atoms with van der Waals surface area (Å²) in [6, 6.07) is 27.6. The number of thioether (sulfide) groups is 1. The second-order valence-corrected chi connectivity index (χ2v) is 12.4. The molecule has 1 fully saturated rings. The van der Waals surface area contributed by atoms with E-state index >= 15 is 0 Å². The molecule has 5 N–H and O–H groups in total. The van der Waals surface area contributed by atoms with Crippen LogP contribution in [0.3, 0.4) is 0 Å². The Hall–Kier alpha value is -4.42. The molecule has 0 saturated carbocycles. The van der Waals surface area contributed by atoms with E-state index in [2.05, 4.69) is 10.6 Å². The summed E-state index contributed by atoms with van der Waals surface area (Å²) in [4.78, 5) is 24.8. The van der Waals surface area contributed by atoms with Gasteiger partial charge in [-0.1, -0.05) is 66.7 Å². The van der Waals surface area contributed by atoms with Gasteiger partial charge >= 0.3 is 0 Å². The van der Waals surface area contributed by atoms with Crippen molar-refractivity contribution in [3.63, 3.8) is 0 Å². The highest BCUT2D eigenvalue weighted by atomic mass is 32.2. The molecule has 3 atom stereocenters. The van der Waals surface area contributed by atoms with Crippen molar-refractivity contribution >= 4 is 40.6 Å². The Labute approximate surface area is 278 Å². The lowest BCUT2D eigenvalue weighted by molar-refractivity contribution is -0.645. The van der Waals surface area contributed by atoms with E-state index in [9.17, 15) is 19.9 Å². The van der Waals surface area contributed by atoms with Gasteiger partial charge in [0, 0.05) is 48.4 Å². The van der Waals surface area contributed by atoms with E-state index in [-0.39, 0.29) is 30.6 Å². The smallest absolute Gasteiger partial charge is 0.251 e. The van der Waals surface area contributed by atoms with Crippen molar-refractivity contribution in [2.45, 2.75) is 68.7 Å². The fourth-order valence-electron chi connectivity index (χ4n) is 5.24. The molecule has 246 valence electrons. The lowest BCUT2D eigenvalue weighted by Crippen LogP contribution is -2.32. The molecule has 0 spiro atoms. The molecular weight excluding hydrogens is 616 g/mol. The van der Waals surface area contributed by atoms with Crippen molar-refractivity contribution in [1.82, 2.24) is 0 Å². The zero-order chi connectivity index (χ0) is 33.0. The monoisotopic (exact) mass is 656 g/mol. The molecule has 1 aliphatic heterocycles. The number of anilines is 3. The van der Waals surface area contributed by atoms with Gasteiger partial charge in [0.25, 0.3) is 5.03 Å². The molecule has 11 heteroatoms. The average Bonchev–Trinajstić information content (AvgIpc) is 3.09. The lowest BCUT2D eigenvalue weighted by atomic mass is 10.0. The Balaban J connectivity index is 1.12. The number of carbonyl (C=O) groups is 2. The predicted molar refractivity (Wildman–Crippen MR) is 182 cm³/mol. The fraction of sp³-hybridized carbons (Fsp3) is 0.306. The van der Waals surface area contributed by atoms with E-state index in [1.54, 1.807) is 24.3 Å². The maximum absolute atomic E-state index is 12.6. The van der Waals surface area contributed by atoms with Crippen LogP contribution < -0.4 is 21.1 Å². The molecule has 10 nitrogen and oxygen atoms in total. The van der Waals surface area contributed by atoms with Gasteiger partial charge in [-0.15, -0.1) is 0 Å².